The highest BCUT2D eigenvalue weighted by atomic mass is 79.9. The fourth-order valence-corrected chi connectivity index (χ4v) is 3.85. The minimum atomic E-state index is -0.675. The molecule has 0 aliphatic heterocycles. The summed E-state index contributed by atoms with van der Waals surface area (Å²) >= 11 is 4.46. The van der Waals surface area contributed by atoms with Crippen LogP contribution < -0.4 is 16.2 Å². The van der Waals surface area contributed by atoms with Crippen molar-refractivity contribution < 1.29 is 14.5 Å². The number of hydrogen-bond acceptors (Lipinski definition) is 7. The van der Waals surface area contributed by atoms with Gasteiger partial charge in [-0.2, -0.15) is 0 Å². The van der Waals surface area contributed by atoms with Crippen molar-refractivity contribution in [2.75, 3.05) is 5.32 Å². The largest absolute Gasteiger partial charge is 0.371 e. The number of rotatable bonds is 6. The fourth-order valence-electron chi connectivity index (χ4n) is 2.57. The van der Waals surface area contributed by atoms with Crippen molar-refractivity contribution in [1.82, 2.24) is 15.8 Å². The third-order valence-corrected chi connectivity index (χ3v) is 5.67. The molecule has 0 saturated heterocycles. The molecule has 0 saturated carbocycles. The summed E-state index contributed by atoms with van der Waals surface area (Å²) in [5.74, 6) is -1.16. The maximum Gasteiger partial charge on any atom is 0.293 e. The summed E-state index contributed by atoms with van der Waals surface area (Å²) in [4.78, 5) is 39.9. The number of amides is 2. The summed E-state index contributed by atoms with van der Waals surface area (Å²) in [5.41, 5.74) is 5.28. The highest BCUT2D eigenvalue weighted by molar-refractivity contribution is 9.11. The molecule has 154 valence electrons. The second kappa shape index (κ2) is 9.46. The van der Waals surface area contributed by atoms with Crippen molar-refractivity contribution in [3.63, 3.8) is 0 Å². The van der Waals surface area contributed by atoms with E-state index in [2.05, 4.69) is 37.1 Å². The lowest BCUT2D eigenvalue weighted by atomic mass is 10.1. The van der Waals surface area contributed by atoms with E-state index in [1.54, 1.807) is 30.5 Å². The van der Waals surface area contributed by atoms with Crippen molar-refractivity contribution in [3.8, 4) is 0 Å². The number of nitrogens with zero attached hydrogens (tertiary/aromatic N) is 2. The van der Waals surface area contributed by atoms with Gasteiger partial charge in [0.05, 0.1) is 25.3 Å². The molecule has 11 heteroatoms. The van der Waals surface area contributed by atoms with E-state index in [4.69, 9.17) is 0 Å². The predicted octanol–water partition coefficient (Wildman–Crippen LogP) is 4.06. The monoisotopic (exact) mass is 489 g/mol. The maximum atomic E-state index is 12.3. The average molecular weight is 490 g/mol. The molecule has 2 heterocycles. The number of nitrogens with one attached hydrogen (secondary N) is 3. The Morgan fingerprint density at radius 3 is 2.53 bits per heavy atom. The molecular formula is C19H16BrN5O4S. The van der Waals surface area contributed by atoms with Gasteiger partial charge >= 0.3 is 0 Å². The van der Waals surface area contributed by atoms with Crippen molar-refractivity contribution in [2.24, 2.45) is 0 Å². The molecule has 30 heavy (non-hydrogen) atoms. The molecule has 0 spiro atoms. The van der Waals surface area contributed by atoms with Gasteiger partial charge in [-0.05, 0) is 59.3 Å². The SMILES string of the molecule is CC(Nc1ccc(C(=O)NNC(=O)c2ccc(Br)s2)cc1[N+](=O)[O-])c1ccccn1. The van der Waals surface area contributed by atoms with Crippen LogP contribution in [0.15, 0.2) is 58.5 Å². The molecule has 0 fully saturated rings. The Hall–Kier alpha value is -3.31. The smallest absolute Gasteiger partial charge is 0.293 e. The number of thiophene rings is 1. The molecule has 3 N–H and O–H groups in total. The molecule has 0 bridgehead atoms. The zero-order valence-corrected chi connectivity index (χ0v) is 18.0. The van der Waals surface area contributed by atoms with Crippen molar-refractivity contribution in [1.29, 1.82) is 0 Å². The van der Waals surface area contributed by atoms with Gasteiger partial charge in [-0.3, -0.25) is 35.5 Å². The van der Waals surface area contributed by atoms with Gasteiger partial charge in [-0.1, -0.05) is 6.07 Å². The normalized spacial score (nSPS) is 11.4. The highest BCUT2D eigenvalue weighted by Crippen LogP contribution is 2.29. The fraction of sp³-hybridized carbons (Fsp3) is 0.105. The molecule has 1 atom stereocenters. The highest BCUT2D eigenvalue weighted by Gasteiger charge is 2.20. The van der Waals surface area contributed by atoms with Gasteiger partial charge in [0.15, 0.2) is 0 Å². The van der Waals surface area contributed by atoms with E-state index >= 15 is 0 Å². The van der Waals surface area contributed by atoms with Crippen LogP contribution >= 0.6 is 27.3 Å². The van der Waals surface area contributed by atoms with Gasteiger partial charge in [0.1, 0.15) is 5.69 Å². The zero-order valence-electron chi connectivity index (χ0n) is 15.6. The number of pyridine rings is 1. The first-order chi connectivity index (χ1) is 14.3. The molecular weight excluding hydrogens is 474 g/mol. The number of benzene rings is 1. The Morgan fingerprint density at radius 1 is 1.13 bits per heavy atom. The second-order valence-corrected chi connectivity index (χ2v) is 8.58. The topological polar surface area (TPSA) is 126 Å². The van der Waals surface area contributed by atoms with Crippen LogP contribution in [0.3, 0.4) is 0 Å². The summed E-state index contributed by atoms with van der Waals surface area (Å²) < 4.78 is 0.776. The summed E-state index contributed by atoms with van der Waals surface area (Å²) in [6.45, 7) is 1.82. The zero-order chi connectivity index (χ0) is 21.7. The van der Waals surface area contributed by atoms with Crippen molar-refractivity contribution in [3.05, 3.63) is 84.8 Å². The molecule has 0 aliphatic rings. The Balaban J connectivity index is 1.71. The second-order valence-electron chi connectivity index (χ2n) is 6.12. The van der Waals surface area contributed by atoms with E-state index < -0.39 is 16.7 Å². The molecule has 0 aliphatic carbocycles. The molecule has 2 amide bonds. The lowest BCUT2D eigenvalue weighted by Gasteiger charge is -2.15. The van der Waals surface area contributed by atoms with Crippen molar-refractivity contribution in [2.45, 2.75) is 13.0 Å². The van der Waals surface area contributed by atoms with Gasteiger partial charge in [-0.25, -0.2) is 0 Å². The Labute approximate surface area is 183 Å². The van der Waals surface area contributed by atoms with Gasteiger partial charge in [0.2, 0.25) is 0 Å². The Morgan fingerprint density at radius 2 is 1.90 bits per heavy atom. The van der Waals surface area contributed by atoms with Crippen LogP contribution in [-0.4, -0.2) is 21.7 Å². The standard InChI is InChI=1S/C19H16BrN5O4S/c1-11(13-4-2-3-9-21-13)22-14-6-5-12(10-15(14)25(28)29)18(26)23-24-19(27)16-7-8-17(20)30-16/h2-11,22H,1H3,(H,23,26)(H,24,27). The first kappa shape index (κ1) is 21.4. The lowest BCUT2D eigenvalue weighted by molar-refractivity contribution is -0.384. The summed E-state index contributed by atoms with van der Waals surface area (Å²) in [5, 5.41) is 14.6. The van der Waals surface area contributed by atoms with Gasteiger partial charge in [0.25, 0.3) is 17.5 Å². The number of nitro groups is 1. The van der Waals surface area contributed by atoms with E-state index in [9.17, 15) is 19.7 Å². The first-order valence-electron chi connectivity index (χ1n) is 8.67. The number of carbonyl (C=O) groups excluding carboxylic acids is 2. The summed E-state index contributed by atoms with van der Waals surface area (Å²) in [6.07, 6.45) is 1.64. The predicted molar refractivity (Wildman–Crippen MR) is 116 cm³/mol. The van der Waals surface area contributed by atoms with Gasteiger partial charge < -0.3 is 5.32 Å². The number of anilines is 1. The van der Waals surface area contributed by atoms with E-state index in [1.165, 1.54) is 23.5 Å². The molecule has 1 unspecified atom stereocenters. The van der Waals surface area contributed by atoms with Crippen LogP contribution in [0.5, 0.6) is 0 Å². The number of carbonyl (C=O) groups is 2. The lowest BCUT2D eigenvalue weighted by Crippen LogP contribution is -2.41. The summed E-state index contributed by atoms with van der Waals surface area (Å²) in [6, 6.07) is 12.5. The van der Waals surface area contributed by atoms with Gasteiger partial charge in [0, 0.05) is 17.8 Å². The summed E-state index contributed by atoms with van der Waals surface area (Å²) in [7, 11) is 0. The number of aromatic nitrogens is 1. The molecule has 0 radical (unpaired) electrons. The molecule has 9 nitrogen and oxygen atoms in total. The quantitative estimate of drug-likeness (QED) is 0.353. The van der Waals surface area contributed by atoms with Crippen LogP contribution in [0.25, 0.3) is 0 Å². The van der Waals surface area contributed by atoms with Crippen LogP contribution in [0.1, 0.15) is 38.7 Å². The Bertz CT molecular complexity index is 1090. The molecule has 3 rings (SSSR count). The van der Waals surface area contributed by atoms with Crippen LogP contribution in [0.2, 0.25) is 0 Å². The molecule has 2 aromatic heterocycles. The average Bonchev–Trinajstić information content (AvgIpc) is 3.18. The minimum Gasteiger partial charge on any atom is -0.371 e. The minimum absolute atomic E-state index is 0.0328. The number of hydrazine groups is 1. The van der Waals surface area contributed by atoms with Gasteiger partial charge in [-0.15, -0.1) is 11.3 Å². The van der Waals surface area contributed by atoms with E-state index in [0.29, 0.717) is 4.88 Å². The Kier molecular flexibility index (Phi) is 6.75. The number of halogens is 1. The maximum absolute atomic E-state index is 12.3. The van der Waals surface area contributed by atoms with Crippen LogP contribution in [0.4, 0.5) is 11.4 Å². The first-order valence-corrected chi connectivity index (χ1v) is 10.3. The third kappa shape index (κ3) is 5.19. The number of hydrogen-bond donors (Lipinski definition) is 3. The van der Waals surface area contributed by atoms with Crippen molar-refractivity contribution >= 4 is 50.5 Å². The number of nitro benzene ring substituents is 1. The van der Waals surface area contributed by atoms with Crippen LogP contribution in [-0.2, 0) is 0 Å². The molecule has 3 aromatic rings. The third-order valence-electron chi connectivity index (χ3n) is 4.05. The van der Waals surface area contributed by atoms with E-state index in [0.717, 1.165) is 15.5 Å². The molecule has 1 aromatic carbocycles. The van der Waals surface area contributed by atoms with E-state index in [-0.39, 0.29) is 23.0 Å². The van der Waals surface area contributed by atoms with E-state index in [1.807, 2.05) is 13.0 Å². The van der Waals surface area contributed by atoms with Crippen LogP contribution in [0, 0.1) is 10.1 Å².